The molecule has 2 amide bonds. The predicted molar refractivity (Wildman–Crippen MR) is 146 cm³/mol. The highest BCUT2D eigenvalue weighted by molar-refractivity contribution is 6.30. The van der Waals surface area contributed by atoms with E-state index in [0.717, 1.165) is 35.6 Å². The van der Waals surface area contributed by atoms with Crippen molar-refractivity contribution < 1.29 is 9.59 Å². The van der Waals surface area contributed by atoms with Crippen molar-refractivity contribution >= 4 is 34.8 Å². The SMILES string of the molecule is O=C(Nc1ccc(N2CCN(C(=O)c3ccc(Cl)cc3)CC2)cc1)c1ccc(-c2ccccc2)cc1. The molecule has 1 saturated heterocycles. The lowest BCUT2D eigenvalue weighted by Crippen LogP contribution is -2.48. The summed E-state index contributed by atoms with van der Waals surface area (Å²) in [5.41, 5.74) is 5.27. The van der Waals surface area contributed by atoms with Crippen LogP contribution in [-0.2, 0) is 0 Å². The highest BCUT2D eigenvalue weighted by atomic mass is 35.5. The highest BCUT2D eigenvalue weighted by Crippen LogP contribution is 2.22. The van der Waals surface area contributed by atoms with Crippen molar-refractivity contribution in [3.05, 3.63) is 119 Å². The molecule has 4 aromatic carbocycles. The van der Waals surface area contributed by atoms with E-state index in [0.29, 0.717) is 29.2 Å². The molecule has 5 nitrogen and oxygen atoms in total. The van der Waals surface area contributed by atoms with Gasteiger partial charge in [-0.3, -0.25) is 9.59 Å². The lowest BCUT2D eigenvalue weighted by atomic mass is 10.0. The first-order chi connectivity index (χ1) is 17.6. The molecule has 1 aliphatic heterocycles. The van der Waals surface area contributed by atoms with Crippen molar-refractivity contribution in [2.24, 2.45) is 0 Å². The first kappa shape index (κ1) is 23.6. The van der Waals surface area contributed by atoms with Crippen molar-refractivity contribution in [3.63, 3.8) is 0 Å². The Bertz CT molecular complexity index is 1330. The molecule has 0 aliphatic carbocycles. The van der Waals surface area contributed by atoms with Crippen LogP contribution in [0.25, 0.3) is 11.1 Å². The fourth-order valence-corrected chi connectivity index (χ4v) is 4.47. The molecule has 36 heavy (non-hydrogen) atoms. The summed E-state index contributed by atoms with van der Waals surface area (Å²) >= 11 is 5.93. The average Bonchev–Trinajstić information content (AvgIpc) is 2.94. The molecule has 1 heterocycles. The first-order valence-electron chi connectivity index (χ1n) is 11.9. The van der Waals surface area contributed by atoms with E-state index in [1.54, 1.807) is 24.3 Å². The molecule has 0 atom stereocenters. The molecule has 0 radical (unpaired) electrons. The normalized spacial score (nSPS) is 13.4. The van der Waals surface area contributed by atoms with Gasteiger partial charge in [0.15, 0.2) is 0 Å². The average molecular weight is 496 g/mol. The number of carbonyl (C=O) groups is 2. The second-order valence-electron chi connectivity index (χ2n) is 8.73. The topological polar surface area (TPSA) is 52.7 Å². The van der Waals surface area contributed by atoms with Gasteiger partial charge in [0, 0.05) is 53.7 Å². The zero-order valence-electron chi connectivity index (χ0n) is 19.7. The van der Waals surface area contributed by atoms with Crippen LogP contribution in [-0.4, -0.2) is 42.9 Å². The second-order valence-corrected chi connectivity index (χ2v) is 9.17. The third kappa shape index (κ3) is 5.42. The van der Waals surface area contributed by atoms with E-state index in [1.165, 1.54) is 0 Å². The molecule has 1 N–H and O–H groups in total. The van der Waals surface area contributed by atoms with Gasteiger partial charge in [0.2, 0.25) is 0 Å². The van der Waals surface area contributed by atoms with E-state index >= 15 is 0 Å². The Labute approximate surface area is 215 Å². The minimum Gasteiger partial charge on any atom is -0.368 e. The van der Waals surface area contributed by atoms with E-state index in [1.807, 2.05) is 83.8 Å². The van der Waals surface area contributed by atoms with Gasteiger partial charge < -0.3 is 15.1 Å². The van der Waals surface area contributed by atoms with Gasteiger partial charge in [-0.1, -0.05) is 54.1 Å². The third-order valence-corrected chi connectivity index (χ3v) is 6.65. The minimum atomic E-state index is -0.142. The Morgan fingerprint density at radius 2 is 1.22 bits per heavy atom. The van der Waals surface area contributed by atoms with E-state index in [2.05, 4.69) is 10.2 Å². The van der Waals surface area contributed by atoms with Crippen LogP contribution in [0.3, 0.4) is 0 Å². The molecular weight excluding hydrogens is 470 g/mol. The molecule has 0 spiro atoms. The number of nitrogens with zero attached hydrogens (tertiary/aromatic N) is 2. The zero-order chi connectivity index (χ0) is 24.9. The molecule has 1 fully saturated rings. The smallest absolute Gasteiger partial charge is 0.255 e. The van der Waals surface area contributed by atoms with E-state index < -0.39 is 0 Å². The van der Waals surface area contributed by atoms with Gasteiger partial charge in [-0.15, -0.1) is 0 Å². The summed E-state index contributed by atoms with van der Waals surface area (Å²) in [5, 5.41) is 3.59. The van der Waals surface area contributed by atoms with Crippen molar-refractivity contribution in [3.8, 4) is 11.1 Å². The van der Waals surface area contributed by atoms with Crippen molar-refractivity contribution in [2.45, 2.75) is 0 Å². The largest absolute Gasteiger partial charge is 0.368 e. The zero-order valence-corrected chi connectivity index (χ0v) is 20.5. The lowest BCUT2D eigenvalue weighted by Gasteiger charge is -2.36. The van der Waals surface area contributed by atoms with Crippen LogP contribution in [0.2, 0.25) is 5.02 Å². The number of hydrogen-bond donors (Lipinski definition) is 1. The molecule has 4 aromatic rings. The molecule has 180 valence electrons. The first-order valence-corrected chi connectivity index (χ1v) is 12.3. The van der Waals surface area contributed by atoms with Crippen molar-refractivity contribution in [1.82, 2.24) is 4.90 Å². The Morgan fingerprint density at radius 3 is 1.86 bits per heavy atom. The summed E-state index contributed by atoms with van der Waals surface area (Å²) in [6, 6.07) is 32.6. The van der Waals surface area contributed by atoms with E-state index in [-0.39, 0.29) is 11.8 Å². The molecular formula is C30H26ClN3O2. The predicted octanol–water partition coefficient (Wildman–Crippen LogP) is 6.22. The number of piperazine rings is 1. The van der Waals surface area contributed by atoms with Gasteiger partial charge in [-0.2, -0.15) is 0 Å². The molecule has 0 aromatic heterocycles. The second kappa shape index (κ2) is 10.7. The van der Waals surface area contributed by atoms with Crippen LogP contribution < -0.4 is 10.2 Å². The standard InChI is InChI=1S/C30H26ClN3O2/c31-26-12-10-25(11-13-26)30(36)34-20-18-33(19-21-34)28-16-14-27(15-17-28)32-29(35)24-8-6-23(7-9-24)22-4-2-1-3-5-22/h1-17H,18-21H2,(H,32,35). The van der Waals surface area contributed by atoms with Crippen LogP contribution in [0, 0.1) is 0 Å². The summed E-state index contributed by atoms with van der Waals surface area (Å²) in [6.45, 7) is 2.80. The van der Waals surface area contributed by atoms with Gasteiger partial charge >= 0.3 is 0 Å². The summed E-state index contributed by atoms with van der Waals surface area (Å²) in [5.74, 6) is -0.113. The summed E-state index contributed by atoms with van der Waals surface area (Å²) in [4.78, 5) is 29.6. The molecule has 6 heteroatoms. The lowest BCUT2D eigenvalue weighted by molar-refractivity contribution is 0.0746. The summed E-state index contributed by atoms with van der Waals surface area (Å²) in [7, 11) is 0. The fraction of sp³-hybridized carbons (Fsp3) is 0.133. The molecule has 0 unspecified atom stereocenters. The highest BCUT2D eigenvalue weighted by Gasteiger charge is 2.22. The number of anilines is 2. The van der Waals surface area contributed by atoms with Gasteiger partial charge in [0.25, 0.3) is 11.8 Å². The number of hydrogen-bond acceptors (Lipinski definition) is 3. The summed E-state index contributed by atoms with van der Waals surface area (Å²) in [6.07, 6.45) is 0. The van der Waals surface area contributed by atoms with Crippen molar-refractivity contribution in [1.29, 1.82) is 0 Å². The monoisotopic (exact) mass is 495 g/mol. The molecule has 5 rings (SSSR count). The van der Waals surface area contributed by atoms with Gasteiger partial charge in [-0.05, 0) is 71.8 Å². The van der Waals surface area contributed by atoms with Crippen LogP contribution in [0.15, 0.2) is 103 Å². The minimum absolute atomic E-state index is 0.0289. The van der Waals surface area contributed by atoms with Gasteiger partial charge in [-0.25, -0.2) is 0 Å². The molecule has 0 saturated carbocycles. The van der Waals surface area contributed by atoms with Crippen LogP contribution in [0.4, 0.5) is 11.4 Å². The van der Waals surface area contributed by atoms with Gasteiger partial charge in [0.1, 0.15) is 0 Å². The number of nitrogens with one attached hydrogen (secondary N) is 1. The summed E-state index contributed by atoms with van der Waals surface area (Å²) < 4.78 is 0. The van der Waals surface area contributed by atoms with E-state index in [4.69, 9.17) is 11.6 Å². The molecule has 1 aliphatic rings. The Hall–Kier alpha value is -4.09. The maximum atomic E-state index is 12.7. The maximum Gasteiger partial charge on any atom is 0.255 e. The fourth-order valence-electron chi connectivity index (χ4n) is 4.35. The number of carbonyl (C=O) groups excluding carboxylic acids is 2. The van der Waals surface area contributed by atoms with Crippen LogP contribution in [0.1, 0.15) is 20.7 Å². The van der Waals surface area contributed by atoms with Gasteiger partial charge in [0.05, 0.1) is 0 Å². The number of rotatable bonds is 5. The van der Waals surface area contributed by atoms with Crippen LogP contribution >= 0.6 is 11.6 Å². The maximum absolute atomic E-state index is 12.7. The Balaban J connectivity index is 1.15. The Kier molecular flexibility index (Phi) is 7.01. The Morgan fingerprint density at radius 1 is 0.639 bits per heavy atom. The van der Waals surface area contributed by atoms with E-state index in [9.17, 15) is 9.59 Å². The third-order valence-electron chi connectivity index (χ3n) is 6.40. The number of benzene rings is 4. The van der Waals surface area contributed by atoms with Crippen LogP contribution in [0.5, 0.6) is 0 Å². The van der Waals surface area contributed by atoms with Crippen molar-refractivity contribution in [2.75, 3.05) is 36.4 Å². The molecule has 0 bridgehead atoms. The number of amides is 2. The number of halogens is 1. The quantitative estimate of drug-likeness (QED) is 0.357.